The van der Waals surface area contributed by atoms with Gasteiger partial charge in [-0.2, -0.15) is 0 Å². The quantitative estimate of drug-likeness (QED) is 0.460. The number of hydrogen-bond donors (Lipinski definition) is 0. The molecule has 3 aliphatic rings. The van der Waals surface area contributed by atoms with E-state index in [0.29, 0.717) is 12.8 Å². The van der Waals surface area contributed by atoms with Crippen molar-refractivity contribution >= 4 is 40.1 Å². The van der Waals surface area contributed by atoms with Crippen molar-refractivity contribution in [2.45, 2.75) is 57.7 Å². The van der Waals surface area contributed by atoms with E-state index in [-0.39, 0.29) is 38.7 Å². The number of nitrogens with zero attached hydrogens (tertiary/aromatic N) is 3. The number of halogens is 1. The summed E-state index contributed by atoms with van der Waals surface area (Å²) in [5.41, 5.74) is -0.540. The van der Waals surface area contributed by atoms with Gasteiger partial charge in [-0.05, 0) is 89.1 Å². The summed E-state index contributed by atoms with van der Waals surface area (Å²) in [5.74, 6) is -2.76. The van der Waals surface area contributed by atoms with E-state index in [2.05, 4.69) is 0 Å². The number of carbonyl (C=O) groups excluding carboxylic acids is 4. The van der Waals surface area contributed by atoms with Gasteiger partial charge in [0.1, 0.15) is 5.82 Å². The first kappa shape index (κ1) is 24.4. The number of amides is 4. The molecule has 0 aliphatic carbocycles. The Hall–Kier alpha value is -3.95. The molecule has 0 bridgehead atoms. The number of anilines is 1. The first-order valence-electron chi connectivity index (χ1n) is 12.4. The van der Waals surface area contributed by atoms with Crippen molar-refractivity contribution in [2.75, 3.05) is 4.90 Å². The second kappa shape index (κ2) is 7.78. The summed E-state index contributed by atoms with van der Waals surface area (Å²) in [5, 5.41) is 14.5. The van der Waals surface area contributed by atoms with Gasteiger partial charge in [0.05, 0.1) is 5.69 Å². The molecule has 193 valence electrons. The van der Waals surface area contributed by atoms with Crippen LogP contribution in [0.5, 0.6) is 0 Å². The average molecular weight is 515 g/mol. The fourth-order valence-corrected chi connectivity index (χ4v) is 6.44. The van der Waals surface area contributed by atoms with Crippen LogP contribution in [0.15, 0.2) is 48.5 Å². The third-order valence-electron chi connectivity index (χ3n) is 7.95. The second-order valence-electron chi connectivity index (χ2n) is 11.5. The first-order chi connectivity index (χ1) is 17.8. The van der Waals surface area contributed by atoms with Crippen LogP contribution >= 0.6 is 0 Å². The number of imide groups is 2. The molecule has 0 atom stereocenters. The molecule has 3 aromatic rings. The Morgan fingerprint density at radius 2 is 1.05 bits per heavy atom. The van der Waals surface area contributed by atoms with E-state index in [0.717, 1.165) is 22.1 Å². The lowest BCUT2D eigenvalue weighted by Gasteiger charge is -2.52. The van der Waals surface area contributed by atoms with E-state index in [1.54, 1.807) is 27.7 Å². The van der Waals surface area contributed by atoms with Gasteiger partial charge < -0.3 is 0 Å². The second-order valence-corrected chi connectivity index (χ2v) is 11.5. The van der Waals surface area contributed by atoms with Crippen molar-refractivity contribution in [3.8, 4) is 0 Å². The highest BCUT2D eigenvalue weighted by atomic mass is 19.1. The summed E-state index contributed by atoms with van der Waals surface area (Å²) in [6.45, 7) is 7.21. The summed E-state index contributed by atoms with van der Waals surface area (Å²) >= 11 is 0. The molecule has 1 fully saturated rings. The van der Waals surface area contributed by atoms with Gasteiger partial charge >= 0.3 is 0 Å². The zero-order valence-corrected chi connectivity index (χ0v) is 21.4. The lowest BCUT2D eigenvalue weighted by molar-refractivity contribution is -0.292. The Bertz CT molecular complexity index is 1510. The minimum Gasteiger partial charge on any atom is -0.271 e. The van der Waals surface area contributed by atoms with Crippen LogP contribution in [0.3, 0.4) is 0 Å². The van der Waals surface area contributed by atoms with Crippen LogP contribution in [-0.2, 0) is 5.21 Å². The molecule has 3 aliphatic heterocycles. The van der Waals surface area contributed by atoms with Gasteiger partial charge in [-0.25, -0.2) is 9.29 Å². The molecule has 38 heavy (non-hydrogen) atoms. The van der Waals surface area contributed by atoms with Gasteiger partial charge in [0, 0.05) is 50.1 Å². The Kier molecular flexibility index (Phi) is 4.99. The minimum absolute atomic E-state index is 0.181. The van der Waals surface area contributed by atoms with Gasteiger partial charge in [-0.15, -0.1) is 10.3 Å². The van der Waals surface area contributed by atoms with Crippen LogP contribution in [0.4, 0.5) is 10.1 Å². The smallest absolute Gasteiger partial charge is 0.265 e. The predicted molar refractivity (Wildman–Crippen MR) is 136 cm³/mol. The van der Waals surface area contributed by atoms with Crippen molar-refractivity contribution in [1.29, 1.82) is 0 Å². The highest BCUT2D eigenvalue weighted by Gasteiger charge is 2.51. The van der Waals surface area contributed by atoms with Crippen molar-refractivity contribution in [2.24, 2.45) is 0 Å². The van der Waals surface area contributed by atoms with Crippen molar-refractivity contribution in [1.82, 2.24) is 9.96 Å². The maximum absolute atomic E-state index is 13.8. The van der Waals surface area contributed by atoms with Crippen molar-refractivity contribution in [3.05, 3.63) is 76.6 Å². The van der Waals surface area contributed by atoms with E-state index >= 15 is 0 Å². The number of piperidine rings is 1. The maximum atomic E-state index is 13.8. The van der Waals surface area contributed by atoms with Crippen LogP contribution in [0.25, 0.3) is 10.8 Å². The van der Waals surface area contributed by atoms with Crippen LogP contribution in [-0.4, -0.2) is 50.7 Å². The summed E-state index contributed by atoms with van der Waals surface area (Å²) < 4.78 is 13.5. The predicted octanol–water partition coefficient (Wildman–Crippen LogP) is 4.74. The van der Waals surface area contributed by atoms with Crippen molar-refractivity contribution < 1.29 is 28.8 Å². The number of rotatable bonds is 2. The summed E-state index contributed by atoms with van der Waals surface area (Å²) in [4.78, 5) is 56.8. The normalized spacial score (nSPS) is 21.0. The van der Waals surface area contributed by atoms with E-state index in [1.807, 2.05) is 0 Å². The van der Waals surface area contributed by atoms with Gasteiger partial charge in [0.2, 0.25) is 0 Å². The lowest BCUT2D eigenvalue weighted by atomic mass is 9.77. The number of hydroxylamine groups is 2. The molecule has 0 aromatic heterocycles. The fourth-order valence-electron chi connectivity index (χ4n) is 6.44. The topological polar surface area (TPSA) is 97.9 Å². The zero-order chi connectivity index (χ0) is 27.3. The molecule has 9 heteroatoms. The standard InChI is InChI=1S/C29H25FN3O5/c1-28(2)13-17(14-29(3,4)33(28)38)32-26(36)20-11-9-18-22-19(10-12-21(23(20)22)27(32)37)25(35)31(24(18)34)16-7-5-15(30)6-8-16/h5-12,17H,13-14H2,1-4H3. The van der Waals surface area contributed by atoms with Crippen LogP contribution < -0.4 is 4.90 Å². The molecule has 0 saturated carbocycles. The maximum Gasteiger partial charge on any atom is 0.265 e. The molecule has 0 unspecified atom stereocenters. The first-order valence-corrected chi connectivity index (χ1v) is 12.4. The number of benzene rings is 3. The molecular formula is C29H25FN3O5. The van der Waals surface area contributed by atoms with E-state index in [9.17, 15) is 28.8 Å². The highest BCUT2D eigenvalue weighted by Crippen LogP contribution is 2.43. The van der Waals surface area contributed by atoms with Crippen LogP contribution in [0, 0.1) is 5.82 Å². The lowest BCUT2D eigenvalue weighted by Crippen LogP contribution is -2.64. The molecule has 3 heterocycles. The third kappa shape index (κ3) is 3.21. The van der Waals surface area contributed by atoms with Crippen LogP contribution in [0.2, 0.25) is 0 Å². The van der Waals surface area contributed by atoms with E-state index < -0.39 is 46.6 Å². The Labute approximate surface area is 218 Å². The Morgan fingerprint density at radius 1 is 0.658 bits per heavy atom. The molecule has 3 aromatic carbocycles. The van der Waals surface area contributed by atoms with Gasteiger partial charge in [0.15, 0.2) is 0 Å². The molecule has 8 nitrogen and oxygen atoms in total. The molecule has 0 N–H and O–H groups in total. The average Bonchev–Trinajstić information content (AvgIpc) is 2.85. The minimum atomic E-state index is -0.792. The molecule has 6 rings (SSSR count). The van der Waals surface area contributed by atoms with E-state index in [4.69, 9.17) is 0 Å². The number of carbonyl (C=O) groups is 4. The Balaban J connectivity index is 1.48. The van der Waals surface area contributed by atoms with Gasteiger partial charge in [0.25, 0.3) is 23.6 Å². The van der Waals surface area contributed by atoms with Crippen LogP contribution in [0.1, 0.15) is 82.0 Å². The molecule has 4 amide bonds. The SMILES string of the molecule is CC1(C)CC(N2C(=O)c3ccc4c5c(ccc(c35)C2=O)C(=O)N(c2ccc(F)cc2)C4=O)CC(C)(C)N1[O]. The number of hydrogen-bond acceptors (Lipinski definition) is 5. The zero-order valence-electron chi connectivity index (χ0n) is 21.4. The summed E-state index contributed by atoms with van der Waals surface area (Å²) in [6.07, 6.45) is 0.630. The molecule has 1 saturated heterocycles. The van der Waals surface area contributed by atoms with E-state index in [1.165, 1.54) is 41.3 Å². The van der Waals surface area contributed by atoms with Gasteiger partial charge in [-0.1, -0.05) is 0 Å². The van der Waals surface area contributed by atoms with Crippen molar-refractivity contribution in [3.63, 3.8) is 0 Å². The molecule has 1 radical (unpaired) electrons. The summed E-state index contributed by atoms with van der Waals surface area (Å²) in [6, 6.07) is 10.5. The fraction of sp³-hybridized carbons (Fsp3) is 0.310. The Morgan fingerprint density at radius 3 is 1.47 bits per heavy atom. The third-order valence-corrected chi connectivity index (χ3v) is 7.95. The highest BCUT2D eigenvalue weighted by molar-refractivity contribution is 6.39. The molecule has 0 spiro atoms. The molecular weight excluding hydrogens is 489 g/mol. The van der Waals surface area contributed by atoms with Gasteiger partial charge in [-0.3, -0.25) is 24.1 Å². The monoisotopic (exact) mass is 514 g/mol. The summed E-state index contributed by atoms with van der Waals surface area (Å²) in [7, 11) is 0. The largest absolute Gasteiger partial charge is 0.271 e.